The van der Waals surface area contributed by atoms with Gasteiger partial charge < -0.3 is 0 Å². The fourth-order valence-electron chi connectivity index (χ4n) is 1.82. The summed E-state index contributed by atoms with van der Waals surface area (Å²) in [5.74, 6) is 0. The molecule has 7 nitrogen and oxygen atoms in total. The maximum absolute atomic E-state index is 12.2. The zero-order chi connectivity index (χ0) is 15.8. The number of aromatic nitrogens is 2. The molecule has 0 amide bonds. The van der Waals surface area contributed by atoms with Crippen molar-refractivity contribution in [3.8, 4) is 0 Å². The van der Waals surface area contributed by atoms with Gasteiger partial charge in [-0.3, -0.25) is 9.40 Å². The van der Waals surface area contributed by atoms with Crippen molar-refractivity contribution in [1.82, 2.24) is 9.78 Å². The van der Waals surface area contributed by atoms with E-state index in [1.807, 2.05) is 0 Å². The minimum Gasteiger partial charge on any atom is -0.278 e. The smallest absolute Gasteiger partial charge is 0.278 e. The first-order valence-electron chi connectivity index (χ1n) is 5.67. The van der Waals surface area contributed by atoms with Crippen LogP contribution in [0.4, 0.5) is 5.69 Å². The molecule has 114 valence electrons. The van der Waals surface area contributed by atoms with E-state index in [1.54, 1.807) is 0 Å². The molecule has 0 aliphatic heterocycles. The number of hydrogen-bond acceptors (Lipinski definition) is 5. The zero-order valence-corrected chi connectivity index (χ0v) is 13.5. The lowest BCUT2D eigenvalue weighted by atomic mass is 10.2. The van der Waals surface area contributed by atoms with Crippen molar-refractivity contribution in [1.29, 1.82) is 0 Å². The molecular formula is C11H12ClN3O4S2. The Bertz CT molecular complexity index is 888. The summed E-state index contributed by atoms with van der Waals surface area (Å²) in [5, 5.41) is 3.78. The van der Waals surface area contributed by atoms with Gasteiger partial charge in [0.2, 0.25) is 0 Å². The second kappa shape index (κ2) is 5.32. The van der Waals surface area contributed by atoms with Gasteiger partial charge in [-0.25, -0.2) is 8.42 Å². The summed E-state index contributed by atoms with van der Waals surface area (Å²) in [6, 6.07) is 5.32. The van der Waals surface area contributed by atoms with E-state index in [1.165, 1.54) is 49.1 Å². The predicted molar refractivity (Wildman–Crippen MR) is 78.2 cm³/mol. The van der Waals surface area contributed by atoms with Gasteiger partial charge in [-0.15, -0.1) is 0 Å². The van der Waals surface area contributed by atoms with Crippen molar-refractivity contribution < 1.29 is 16.8 Å². The molecule has 1 aromatic carbocycles. The highest BCUT2D eigenvalue weighted by molar-refractivity contribution is 8.13. The molecule has 0 unspecified atom stereocenters. The van der Waals surface area contributed by atoms with E-state index in [0.29, 0.717) is 5.56 Å². The van der Waals surface area contributed by atoms with Crippen molar-refractivity contribution in [3.63, 3.8) is 0 Å². The summed E-state index contributed by atoms with van der Waals surface area (Å²) < 4.78 is 50.5. The Balaban J connectivity index is 2.38. The van der Waals surface area contributed by atoms with Crippen LogP contribution in [0.3, 0.4) is 0 Å². The summed E-state index contributed by atoms with van der Waals surface area (Å²) in [6.45, 7) is 1.52. The fourth-order valence-corrected chi connectivity index (χ4v) is 4.19. The van der Waals surface area contributed by atoms with Gasteiger partial charge in [-0.2, -0.15) is 13.5 Å². The van der Waals surface area contributed by atoms with Crippen LogP contribution in [0, 0.1) is 6.92 Å². The number of nitrogens with zero attached hydrogens (tertiary/aromatic N) is 2. The fraction of sp³-hybridized carbons (Fsp3) is 0.182. The van der Waals surface area contributed by atoms with Crippen LogP contribution in [0.2, 0.25) is 0 Å². The Morgan fingerprint density at radius 3 is 2.33 bits per heavy atom. The quantitative estimate of drug-likeness (QED) is 0.842. The third-order valence-corrected chi connectivity index (χ3v) is 5.68. The lowest BCUT2D eigenvalue weighted by molar-refractivity contribution is 0.582. The largest absolute Gasteiger partial charge is 0.279 e. The van der Waals surface area contributed by atoms with Gasteiger partial charge in [0.05, 0.1) is 11.1 Å². The van der Waals surface area contributed by atoms with Crippen molar-refractivity contribution >= 4 is 35.4 Å². The molecular weight excluding hydrogens is 338 g/mol. The van der Waals surface area contributed by atoms with Crippen LogP contribution in [0.1, 0.15) is 5.56 Å². The second-order valence-electron chi connectivity index (χ2n) is 4.32. The molecule has 10 heteroatoms. The van der Waals surface area contributed by atoms with E-state index in [9.17, 15) is 16.8 Å². The number of rotatable bonds is 4. The molecule has 2 rings (SSSR count). The van der Waals surface area contributed by atoms with E-state index in [4.69, 9.17) is 10.7 Å². The molecule has 0 fully saturated rings. The lowest BCUT2D eigenvalue weighted by Gasteiger charge is -2.10. The van der Waals surface area contributed by atoms with Gasteiger partial charge in [-0.1, -0.05) is 0 Å². The van der Waals surface area contributed by atoms with Crippen molar-refractivity contribution in [2.75, 3.05) is 4.72 Å². The van der Waals surface area contributed by atoms with Gasteiger partial charge >= 0.3 is 0 Å². The van der Waals surface area contributed by atoms with Crippen LogP contribution in [0.25, 0.3) is 0 Å². The van der Waals surface area contributed by atoms with Gasteiger partial charge in [-0.05, 0) is 36.8 Å². The Hall–Kier alpha value is -1.58. The third-order valence-electron chi connectivity index (χ3n) is 2.74. The topological polar surface area (TPSA) is 98.1 Å². The molecule has 0 bridgehead atoms. The summed E-state index contributed by atoms with van der Waals surface area (Å²) in [4.78, 5) is -0.0624. The highest BCUT2D eigenvalue weighted by Gasteiger charge is 2.19. The Morgan fingerprint density at radius 2 is 1.86 bits per heavy atom. The number of sulfonamides is 1. The first kappa shape index (κ1) is 15.8. The molecule has 0 atom stereocenters. The molecule has 0 radical (unpaired) electrons. The first-order valence-corrected chi connectivity index (χ1v) is 9.46. The summed E-state index contributed by atoms with van der Waals surface area (Å²) >= 11 is 0. The molecule has 0 aliphatic rings. The number of hydrogen-bond donors (Lipinski definition) is 1. The molecule has 0 aliphatic carbocycles. The minimum absolute atomic E-state index is 0.00538. The van der Waals surface area contributed by atoms with E-state index >= 15 is 0 Å². The molecule has 0 saturated heterocycles. The standard InChI is InChI=1S/C11H12ClN3O4S2/c1-8-7-9(3-4-10(8)20(12,16)17)14-21(18,19)11-5-6-13-15(11)2/h3-7,14H,1-2H3. The van der Waals surface area contributed by atoms with Crippen molar-refractivity contribution in [2.45, 2.75) is 16.8 Å². The average Bonchev–Trinajstić information content (AvgIpc) is 2.74. The van der Waals surface area contributed by atoms with Gasteiger partial charge in [0, 0.05) is 23.4 Å². The second-order valence-corrected chi connectivity index (χ2v) is 8.48. The van der Waals surface area contributed by atoms with E-state index in [2.05, 4.69) is 9.82 Å². The number of halogens is 1. The van der Waals surface area contributed by atoms with Crippen LogP contribution < -0.4 is 4.72 Å². The molecule has 0 saturated carbocycles. The minimum atomic E-state index is -3.86. The van der Waals surface area contributed by atoms with Crippen LogP contribution in [-0.2, 0) is 26.1 Å². The van der Waals surface area contributed by atoms with Gasteiger partial charge in [0.25, 0.3) is 19.1 Å². The van der Waals surface area contributed by atoms with Crippen LogP contribution in [-0.4, -0.2) is 26.6 Å². The zero-order valence-electron chi connectivity index (χ0n) is 11.1. The molecule has 1 N–H and O–H groups in total. The van der Waals surface area contributed by atoms with E-state index in [-0.39, 0.29) is 15.6 Å². The Morgan fingerprint density at radius 1 is 1.19 bits per heavy atom. The average molecular weight is 350 g/mol. The third kappa shape index (κ3) is 3.36. The Labute approximate surface area is 127 Å². The van der Waals surface area contributed by atoms with E-state index in [0.717, 1.165) is 0 Å². The first-order chi connectivity index (χ1) is 9.61. The maximum Gasteiger partial charge on any atom is 0.279 e. The SMILES string of the molecule is Cc1cc(NS(=O)(=O)c2ccnn2C)ccc1S(=O)(=O)Cl. The van der Waals surface area contributed by atoms with Crippen molar-refractivity contribution in [2.24, 2.45) is 7.05 Å². The molecule has 2 aromatic rings. The number of anilines is 1. The lowest BCUT2D eigenvalue weighted by Crippen LogP contribution is -2.16. The van der Waals surface area contributed by atoms with Crippen LogP contribution in [0.5, 0.6) is 0 Å². The number of aryl methyl sites for hydroxylation is 2. The summed E-state index contributed by atoms with van der Waals surface area (Å²) in [7, 11) is -0.885. The highest BCUT2D eigenvalue weighted by atomic mass is 35.7. The normalized spacial score (nSPS) is 12.3. The molecule has 1 aromatic heterocycles. The maximum atomic E-state index is 12.2. The van der Waals surface area contributed by atoms with Crippen LogP contribution in [0.15, 0.2) is 40.4 Å². The van der Waals surface area contributed by atoms with Gasteiger partial charge in [0.1, 0.15) is 0 Å². The van der Waals surface area contributed by atoms with E-state index < -0.39 is 19.1 Å². The Kier molecular flexibility index (Phi) is 4.00. The predicted octanol–water partition coefficient (Wildman–Crippen LogP) is 1.46. The highest BCUT2D eigenvalue weighted by Crippen LogP contribution is 2.24. The van der Waals surface area contributed by atoms with Gasteiger partial charge in [0.15, 0.2) is 5.03 Å². The van der Waals surface area contributed by atoms with Crippen molar-refractivity contribution in [3.05, 3.63) is 36.0 Å². The molecule has 21 heavy (non-hydrogen) atoms. The number of benzene rings is 1. The van der Waals surface area contributed by atoms with Crippen LogP contribution >= 0.6 is 10.7 Å². The summed E-state index contributed by atoms with van der Waals surface area (Å²) in [6.07, 6.45) is 1.36. The number of nitrogens with one attached hydrogen (secondary N) is 1. The summed E-state index contributed by atoms with van der Waals surface area (Å²) in [5.41, 5.74) is 0.577. The molecule has 1 heterocycles. The monoisotopic (exact) mass is 349 g/mol. The molecule has 0 spiro atoms.